The first-order chi connectivity index (χ1) is 11.9. The molecule has 0 unspecified atom stereocenters. The molecule has 0 aromatic heterocycles. The molecule has 25 heavy (non-hydrogen) atoms. The summed E-state index contributed by atoms with van der Waals surface area (Å²) in [6.07, 6.45) is 24.8. The van der Waals surface area contributed by atoms with E-state index in [1.807, 2.05) is 0 Å². The fourth-order valence-electron chi connectivity index (χ4n) is 7.54. The first kappa shape index (κ1) is 20.0. The van der Waals surface area contributed by atoms with E-state index in [-0.39, 0.29) is 18.9 Å². The molecule has 4 saturated carbocycles. The molecule has 0 aliphatic heterocycles. The van der Waals surface area contributed by atoms with E-state index in [0.717, 1.165) is 23.4 Å². The van der Waals surface area contributed by atoms with Crippen molar-refractivity contribution >= 4 is 6.15 Å². The Morgan fingerprint density at radius 1 is 0.480 bits per heavy atom. The van der Waals surface area contributed by atoms with Gasteiger partial charge in [0.15, 0.2) is 0 Å². The van der Waals surface area contributed by atoms with Gasteiger partial charge < -0.3 is 5.82 Å². The summed E-state index contributed by atoms with van der Waals surface area (Å²) in [5.41, 5.74) is 0. The maximum absolute atomic E-state index is 4.24. The molecule has 4 fully saturated rings. The molecular formula is C23H38BLi. The molecule has 0 aromatic rings. The predicted molar refractivity (Wildman–Crippen MR) is 107 cm³/mol. The van der Waals surface area contributed by atoms with Crippen LogP contribution in [0.15, 0.2) is 0 Å². The van der Waals surface area contributed by atoms with Crippen LogP contribution in [0.5, 0.6) is 0 Å². The van der Waals surface area contributed by atoms with Gasteiger partial charge >= 0.3 is 18.9 Å². The molecule has 0 heterocycles. The summed E-state index contributed by atoms with van der Waals surface area (Å²) in [6.45, 7) is 0. The molecule has 134 valence electrons. The van der Waals surface area contributed by atoms with Gasteiger partial charge in [-0.3, -0.25) is 0 Å². The van der Waals surface area contributed by atoms with Gasteiger partial charge in [0.1, 0.15) is 0 Å². The van der Waals surface area contributed by atoms with E-state index in [2.05, 4.69) is 11.7 Å². The van der Waals surface area contributed by atoms with Crippen LogP contribution in [0.1, 0.15) is 109 Å². The van der Waals surface area contributed by atoms with Crippen molar-refractivity contribution in [1.29, 1.82) is 0 Å². The largest absolute Gasteiger partial charge is 1.00 e. The number of hydrogen-bond donors (Lipinski definition) is 0. The van der Waals surface area contributed by atoms with E-state index >= 15 is 0 Å². The minimum Gasteiger partial charge on any atom is -0.314 e. The van der Waals surface area contributed by atoms with Crippen LogP contribution in [-0.4, -0.2) is 6.15 Å². The third-order valence-corrected chi connectivity index (χ3v) is 8.68. The Morgan fingerprint density at radius 2 is 0.840 bits per heavy atom. The van der Waals surface area contributed by atoms with Crippen molar-refractivity contribution < 1.29 is 18.9 Å². The summed E-state index contributed by atoms with van der Waals surface area (Å²) in [5, 5.41) is 0. The fourth-order valence-corrected chi connectivity index (χ4v) is 7.54. The standard InChI is InChI=1S/C23H38B.Li/c1-2-10-20(11-3-1)18-19-24(21-12-4-5-13-21,22-14-6-7-15-22)23-16-8-9-17-23;/h20-23H,1-17H2;/q-1;+1. The predicted octanol–water partition coefficient (Wildman–Crippen LogP) is 4.39. The first-order valence-electron chi connectivity index (χ1n) is 11.6. The van der Waals surface area contributed by atoms with Crippen molar-refractivity contribution in [2.24, 2.45) is 5.92 Å². The van der Waals surface area contributed by atoms with Crippen LogP contribution >= 0.6 is 0 Å². The summed E-state index contributed by atoms with van der Waals surface area (Å²) >= 11 is 0. The van der Waals surface area contributed by atoms with Gasteiger partial charge in [0.05, 0.1) is 6.15 Å². The van der Waals surface area contributed by atoms with Crippen molar-refractivity contribution in [1.82, 2.24) is 0 Å². The monoisotopic (exact) mass is 332 g/mol. The second-order valence-electron chi connectivity index (χ2n) is 9.83. The third-order valence-electron chi connectivity index (χ3n) is 8.68. The van der Waals surface area contributed by atoms with Crippen LogP contribution in [0, 0.1) is 17.7 Å². The zero-order valence-corrected chi connectivity index (χ0v) is 16.9. The molecule has 2 heteroatoms. The van der Waals surface area contributed by atoms with Gasteiger partial charge in [-0.15, -0.1) is 5.92 Å². The molecule has 4 aliphatic carbocycles. The smallest absolute Gasteiger partial charge is 0.314 e. The molecule has 4 aliphatic rings. The van der Waals surface area contributed by atoms with Gasteiger partial charge in [-0.2, -0.15) is 17.5 Å². The van der Waals surface area contributed by atoms with Gasteiger partial charge in [0.2, 0.25) is 0 Å². The minimum atomic E-state index is -0.411. The van der Waals surface area contributed by atoms with Crippen molar-refractivity contribution in [3.8, 4) is 11.7 Å². The molecular weight excluding hydrogens is 294 g/mol. The van der Waals surface area contributed by atoms with E-state index in [4.69, 9.17) is 0 Å². The molecule has 0 atom stereocenters. The normalized spacial score (nSPS) is 27.2. The van der Waals surface area contributed by atoms with Crippen LogP contribution in [0.3, 0.4) is 0 Å². The second-order valence-corrected chi connectivity index (χ2v) is 9.83. The van der Waals surface area contributed by atoms with Crippen molar-refractivity contribution in [3.05, 3.63) is 0 Å². The van der Waals surface area contributed by atoms with Crippen LogP contribution in [0.4, 0.5) is 0 Å². The summed E-state index contributed by atoms with van der Waals surface area (Å²) in [4.78, 5) is 0. The van der Waals surface area contributed by atoms with Crippen molar-refractivity contribution in [3.63, 3.8) is 0 Å². The van der Waals surface area contributed by atoms with E-state index in [0.29, 0.717) is 0 Å². The second kappa shape index (κ2) is 9.43. The Kier molecular flexibility index (Phi) is 7.53. The molecule has 0 amide bonds. The first-order valence-corrected chi connectivity index (χ1v) is 11.6. The maximum atomic E-state index is 4.24. The van der Waals surface area contributed by atoms with Crippen molar-refractivity contribution in [2.45, 2.75) is 127 Å². The molecule has 0 radical (unpaired) electrons. The van der Waals surface area contributed by atoms with E-state index in [9.17, 15) is 0 Å². The van der Waals surface area contributed by atoms with E-state index in [1.54, 1.807) is 0 Å². The summed E-state index contributed by atoms with van der Waals surface area (Å²) in [7, 11) is 0. The fraction of sp³-hybridized carbons (Fsp3) is 0.913. The molecule has 0 saturated heterocycles. The molecule has 0 spiro atoms. The topological polar surface area (TPSA) is 0 Å². The van der Waals surface area contributed by atoms with Crippen molar-refractivity contribution in [2.75, 3.05) is 0 Å². The van der Waals surface area contributed by atoms with Crippen LogP contribution in [0.25, 0.3) is 0 Å². The zero-order valence-electron chi connectivity index (χ0n) is 16.9. The molecule has 0 N–H and O–H groups in total. The minimum absolute atomic E-state index is 0. The molecule has 4 rings (SSSR count). The average molecular weight is 332 g/mol. The van der Waals surface area contributed by atoms with Crippen LogP contribution < -0.4 is 18.9 Å². The maximum Gasteiger partial charge on any atom is 1.00 e. The Bertz CT molecular complexity index is 411. The number of rotatable bonds is 3. The summed E-state index contributed by atoms with van der Waals surface area (Å²) < 4.78 is 0. The Morgan fingerprint density at radius 3 is 1.24 bits per heavy atom. The average Bonchev–Trinajstić information content (AvgIpc) is 3.40. The van der Waals surface area contributed by atoms with Gasteiger partial charge in [0, 0.05) is 5.92 Å². The van der Waals surface area contributed by atoms with Gasteiger partial charge in [-0.05, 0) is 12.8 Å². The van der Waals surface area contributed by atoms with E-state index < -0.39 is 6.15 Å². The number of hydrogen-bond acceptors (Lipinski definition) is 0. The molecule has 0 nitrogen and oxygen atoms in total. The molecule has 0 bridgehead atoms. The Balaban J connectivity index is 0.00000182. The Hall–Kier alpha value is 0.222. The quantitative estimate of drug-likeness (QED) is 0.531. The zero-order chi connectivity index (χ0) is 16.2. The van der Waals surface area contributed by atoms with E-state index in [1.165, 1.54) is 109 Å². The van der Waals surface area contributed by atoms with Gasteiger partial charge in [-0.1, -0.05) is 96.3 Å². The van der Waals surface area contributed by atoms with Crippen LogP contribution in [-0.2, 0) is 0 Å². The Labute approximate surface area is 169 Å². The SMILES string of the molecule is C(#C[B-](C1CCCC1)(C1CCCC1)C1CCCC1)C1CCCCC1.[Li+]. The van der Waals surface area contributed by atoms with Gasteiger partial charge in [0.25, 0.3) is 0 Å². The summed E-state index contributed by atoms with van der Waals surface area (Å²) in [5.74, 6) is 12.0. The summed E-state index contributed by atoms with van der Waals surface area (Å²) in [6, 6.07) is 0. The van der Waals surface area contributed by atoms with Crippen LogP contribution in [0.2, 0.25) is 17.5 Å². The van der Waals surface area contributed by atoms with Gasteiger partial charge in [-0.25, -0.2) is 0 Å². The third kappa shape index (κ3) is 4.22. The molecule has 0 aromatic carbocycles.